The van der Waals surface area contributed by atoms with Crippen molar-refractivity contribution in [3.63, 3.8) is 0 Å². The topological polar surface area (TPSA) is 237 Å². The summed E-state index contributed by atoms with van der Waals surface area (Å²) in [7, 11) is -9.53. The highest BCUT2D eigenvalue weighted by atomic mass is 35.5. The Balaban J connectivity index is 0.000000322. The maximum atomic E-state index is 12.5. The third-order valence-electron chi connectivity index (χ3n) is 6.25. The Kier molecular flexibility index (Phi) is 11.5. The second-order valence-electron chi connectivity index (χ2n) is 9.51. The van der Waals surface area contributed by atoms with E-state index in [1.54, 1.807) is 12.1 Å². The first-order valence-corrected chi connectivity index (χ1v) is 18.0. The van der Waals surface area contributed by atoms with Gasteiger partial charge in [-0.2, -0.15) is 16.8 Å². The van der Waals surface area contributed by atoms with Crippen molar-refractivity contribution in [2.75, 3.05) is 36.9 Å². The molecule has 4 aromatic rings. The Morgan fingerprint density at radius 2 is 1.48 bits per heavy atom. The number of hydrogen-bond donors (Lipinski definition) is 5. The van der Waals surface area contributed by atoms with E-state index in [9.17, 15) is 35.2 Å². The molecule has 0 aromatic heterocycles. The number of amides is 1. The van der Waals surface area contributed by atoms with E-state index in [1.807, 2.05) is 0 Å². The van der Waals surface area contributed by atoms with Crippen LogP contribution in [0.2, 0.25) is 0 Å². The fourth-order valence-corrected chi connectivity index (χ4v) is 7.01. The summed E-state index contributed by atoms with van der Waals surface area (Å²) < 4.78 is 95.8. The van der Waals surface area contributed by atoms with E-state index in [4.69, 9.17) is 35.9 Å². The van der Waals surface area contributed by atoms with E-state index < -0.39 is 40.9 Å². The number of nitrogens with two attached hydrogens (primary N) is 1. The van der Waals surface area contributed by atoms with Crippen LogP contribution in [0.15, 0.2) is 76.5 Å². The fourth-order valence-electron chi connectivity index (χ4n) is 4.03. The molecule has 0 fully saturated rings. The summed E-state index contributed by atoms with van der Waals surface area (Å²) in [4.78, 5) is 11.7. The van der Waals surface area contributed by atoms with Gasteiger partial charge in [0.1, 0.15) is 22.1 Å². The van der Waals surface area contributed by atoms with Crippen LogP contribution >= 0.6 is 11.6 Å². The monoisotopic (exact) mass is 716 g/mol. The molecule has 0 bridgehead atoms. The van der Waals surface area contributed by atoms with Crippen molar-refractivity contribution in [1.29, 1.82) is 0 Å². The van der Waals surface area contributed by atoms with Crippen LogP contribution in [0, 0.1) is 0 Å². The largest absolute Gasteiger partial charge is 0.507 e. The molecule has 1 amide bonds. The highest BCUT2D eigenvalue weighted by molar-refractivity contribution is 7.90. The normalized spacial score (nSPS) is 11.8. The van der Waals surface area contributed by atoms with Gasteiger partial charge >= 0.3 is 0 Å². The Bertz CT molecular complexity index is 2090. The van der Waals surface area contributed by atoms with Crippen molar-refractivity contribution in [2.24, 2.45) is 0 Å². The predicted molar refractivity (Wildman–Crippen MR) is 172 cm³/mol. The van der Waals surface area contributed by atoms with Crippen molar-refractivity contribution in [2.45, 2.75) is 15.5 Å². The van der Waals surface area contributed by atoms with Crippen LogP contribution in [0.4, 0.5) is 11.4 Å². The average molecular weight is 717 g/mol. The van der Waals surface area contributed by atoms with E-state index in [0.29, 0.717) is 22.2 Å². The predicted octanol–water partition coefficient (Wildman–Crippen LogP) is 3.73. The van der Waals surface area contributed by atoms with Gasteiger partial charge in [0.25, 0.3) is 26.1 Å². The summed E-state index contributed by atoms with van der Waals surface area (Å²) in [5.41, 5.74) is 6.94. The number of fused-ring (bicyclic) bond motifs is 1. The molecule has 0 aliphatic carbocycles. The summed E-state index contributed by atoms with van der Waals surface area (Å²) in [6.07, 6.45) is 0. The Labute approximate surface area is 270 Å². The number of rotatable bonds is 10. The third-order valence-corrected chi connectivity index (χ3v) is 9.97. The van der Waals surface area contributed by atoms with E-state index in [-0.39, 0.29) is 50.6 Å². The van der Waals surface area contributed by atoms with Crippen LogP contribution in [0.25, 0.3) is 10.8 Å². The Morgan fingerprint density at radius 3 is 2.02 bits per heavy atom. The lowest BCUT2D eigenvalue weighted by molar-refractivity contribution is 0.102. The van der Waals surface area contributed by atoms with Gasteiger partial charge in [-0.1, -0.05) is 18.2 Å². The highest BCUT2D eigenvalue weighted by Crippen LogP contribution is 2.33. The van der Waals surface area contributed by atoms with Crippen molar-refractivity contribution in [3.05, 3.63) is 77.9 Å². The summed E-state index contributed by atoms with van der Waals surface area (Å²) in [6.45, 7) is 0. The minimum Gasteiger partial charge on any atom is -0.507 e. The number of carbonyl (C=O) groups is 1. The maximum Gasteiger partial charge on any atom is 0.298 e. The second kappa shape index (κ2) is 14.5. The number of aromatic hydroxyl groups is 1. The molecular formula is C28H29ClN2O12S3. The van der Waals surface area contributed by atoms with Gasteiger partial charge in [0.2, 0.25) is 0 Å². The van der Waals surface area contributed by atoms with Gasteiger partial charge in [0.15, 0.2) is 9.84 Å². The molecule has 0 atom stereocenters. The average Bonchev–Trinajstić information content (AvgIpc) is 2.96. The molecule has 0 saturated heterocycles. The number of nitrogens with one attached hydrogen (secondary N) is 1. The van der Waals surface area contributed by atoms with Gasteiger partial charge in [-0.25, -0.2) is 8.42 Å². The number of sulfone groups is 1. The molecule has 248 valence electrons. The molecule has 18 heteroatoms. The lowest BCUT2D eigenvalue weighted by Gasteiger charge is -2.10. The van der Waals surface area contributed by atoms with E-state index in [0.717, 1.165) is 12.1 Å². The van der Waals surface area contributed by atoms with Crippen LogP contribution in [-0.2, 0) is 35.8 Å². The summed E-state index contributed by atoms with van der Waals surface area (Å²) in [6, 6.07) is 15.0. The van der Waals surface area contributed by atoms with Gasteiger partial charge in [0, 0.05) is 40.7 Å². The number of hydrogen-bond acceptors (Lipinski definition) is 11. The van der Waals surface area contributed by atoms with E-state index in [1.165, 1.54) is 56.7 Å². The molecular weight excluding hydrogens is 688 g/mol. The van der Waals surface area contributed by atoms with E-state index >= 15 is 0 Å². The Hall–Kier alpha value is -4.13. The van der Waals surface area contributed by atoms with Crippen LogP contribution in [-0.4, -0.2) is 71.2 Å². The van der Waals surface area contributed by atoms with Crippen molar-refractivity contribution < 1.29 is 53.7 Å². The lowest BCUT2D eigenvalue weighted by atomic mass is 10.1. The smallest absolute Gasteiger partial charge is 0.298 e. The number of alkyl halides is 1. The third kappa shape index (κ3) is 9.44. The van der Waals surface area contributed by atoms with Gasteiger partial charge in [-0.05, 0) is 41.3 Å². The lowest BCUT2D eigenvalue weighted by Crippen LogP contribution is -2.13. The number of phenolic OH excluding ortho intramolecular Hbond substituents is 1. The number of ether oxygens (including phenoxy) is 2. The molecule has 0 unspecified atom stereocenters. The number of halogens is 1. The molecule has 4 aromatic carbocycles. The van der Waals surface area contributed by atoms with Gasteiger partial charge in [0.05, 0.1) is 36.3 Å². The number of benzene rings is 4. The van der Waals surface area contributed by atoms with Crippen LogP contribution < -0.4 is 20.5 Å². The van der Waals surface area contributed by atoms with Gasteiger partial charge in [-0.3, -0.25) is 13.9 Å². The first kappa shape index (κ1) is 36.3. The quantitative estimate of drug-likeness (QED) is 0.0895. The number of anilines is 2. The number of methoxy groups -OCH3 is 2. The van der Waals surface area contributed by atoms with Crippen molar-refractivity contribution in [3.8, 4) is 17.2 Å². The number of carbonyl (C=O) groups excluding carboxylic acids is 1. The first-order valence-electron chi connectivity index (χ1n) is 12.8. The summed E-state index contributed by atoms with van der Waals surface area (Å²) in [5, 5.41) is 13.4. The maximum absolute atomic E-state index is 12.5. The Morgan fingerprint density at radius 1 is 0.848 bits per heavy atom. The molecule has 0 aliphatic heterocycles. The molecule has 0 radical (unpaired) electrons. The first-order chi connectivity index (χ1) is 21.4. The highest BCUT2D eigenvalue weighted by Gasteiger charge is 2.19. The molecule has 0 spiro atoms. The molecule has 46 heavy (non-hydrogen) atoms. The molecule has 6 N–H and O–H groups in total. The molecule has 0 aliphatic rings. The standard InChI is InChI=1S/C20H18ClNO7S2.C8H11NO5S/c21-7-8-30(25,26)12-13-1-3-14(4-2-13)20(24)22-16-6-5-15-9-17(31(27,28)29)11-19(23)18(15)10-16;1-13-6-4-8(15(10,11)12)7(14-2)3-5(6)9/h1-6,9-11,23H,7-8,12H2,(H,22,24)(H,27,28,29);3-4H,9H2,1-2H3,(H,10,11,12). The zero-order valence-corrected chi connectivity index (χ0v) is 27.4. The summed E-state index contributed by atoms with van der Waals surface area (Å²) in [5.74, 6) is -0.984. The zero-order chi connectivity index (χ0) is 34.4. The van der Waals surface area contributed by atoms with Crippen molar-refractivity contribution in [1.82, 2.24) is 0 Å². The SMILES string of the molecule is COc1cc(S(=O)(=O)O)c(OC)cc1N.O=C(Nc1ccc2cc(S(=O)(=O)O)cc(O)c2c1)c1ccc(CS(=O)(=O)CCCl)cc1. The van der Waals surface area contributed by atoms with Crippen molar-refractivity contribution >= 4 is 69.7 Å². The summed E-state index contributed by atoms with van der Waals surface area (Å²) >= 11 is 5.48. The zero-order valence-electron chi connectivity index (χ0n) is 24.2. The fraction of sp³-hybridized carbons (Fsp3) is 0.179. The second-order valence-corrected chi connectivity index (χ2v) is 14.9. The van der Waals surface area contributed by atoms with Crippen LogP contribution in [0.3, 0.4) is 0 Å². The van der Waals surface area contributed by atoms with Crippen LogP contribution in [0.1, 0.15) is 15.9 Å². The molecule has 4 rings (SSSR count). The molecule has 0 heterocycles. The van der Waals surface area contributed by atoms with Gasteiger partial charge < -0.3 is 25.6 Å². The molecule has 0 saturated carbocycles. The number of phenols is 1. The number of nitrogen functional groups attached to an aromatic ring is 1. The minimum atomic E-state index is -4.47. The minimum absolute atomic E-state index is 0.0151. The van der Waals surface area contributed by atoms with Gasteiger partial charge in [-0.15, -0.1) is 11.6 Å². The molecule has 14 nitrogen and oxygen atoms in total. The van der Waals surface area contributed by atoms with Crippen LogP contribution in [0.5, 0.6) is 17.2 Å². The van der Waals surface area contributed by atoms with E-state index in [2.05, 4.69) is 5.32 Å².